The van der Waals surface area contributed by atoms with Crippen LogP contribution < -0.4 is 11.1 Å². The second-order valence-corrected chi connectivity index (χ2v) is 7.54. The summed E-state index contributed by atoms with van der Waals surface area (Å²) < 4.78 is 27.8. The molecule has 1 atom stereocenters. The molecule has 1 aromatic carbocycles. The van der Waals surface area contributed by atoms with Crippen LogP contribution in [0.25, 0.3) is 0 Å². The minimum atomic E-state index is -1.31. The van der Waals surface area contributed by atoms with Gasteiger partial charge in [-0.05, 0) is 51.1 Å². The minimum absolute atomic E-state index is 0.000510. The number of hydrogen-bond acceptors (Lipinski definition) is 5. The maximum absolute atomic E-state index is 14.8. The Morgan fingerprint density at radius 3 is 2.48 bits per heavy atom. The first-order valence-corrected chi connectivity index (χ1v) is 8.84. The minimum Gasteiger partial charge on any atom is -0.369 e. The van der Waals surface area contributed by atoms with Crippen LogP contribution in [-0.2, 0) is 10.3 Å². The Hall–Kier alpha value is -3.36. The molecule has 0 spiro atoms. The van der Waals surface area contributed by atoms with Crippen LogP contribution in [0, 0.1) is 17.0 Å². The third kappa shape index (κ3) is 3.32. The maximum atomic E-state index is 14.8. The molecule has 3 N–H and O–H groups in total. The molecule has 7 nitrogen and oxygen atoms in total. The molecule has 0 aliphatic carbocycles. The quantitative estimate of drug-likeness (QED) is 0.826. The molecule has 29 heavy (non-hydrogen) atoms. The Kier molecular flexibility index (Phi) is 4.86. The summed E-state index contributed by atoms with van der Waals surface area (Å²) in [6.45, 7) is 4.94. The average Bonchev–Trinajstić information content (AvgIpc) is 2.67. The predicted molar refractivity (Wildman–Crippen MR) is 104 cm³/mol. The topological polar surface area (TPSA) is 101 Å². The van der Waals surface area contributed by atoms with Gasteiger partial charge in [0, 0.05) is 18.3 Å². The van der Waals surface area contributed by atoms with Crippen LogP contribution in [-0.4, -0.2) is 34.7 Å². The van der Waals surface area contributed by atoms with Crippen molar-refractivity contribution in [2.75, 3.05) is 12.4 Å². The zero-order valence-electron chi connectivity index (χ0n) is 16.5. The number of rotatable bonds is 3. The van der Waals surface area contributed by atoms with Crippen LogP contribution in [0.3, 0.4) is 0 Å². The summed E-state index contributed by atoms with van der Waals surface area (Å²) in [6.07, 6.45) is 0.927. The van der Waals surface area contributed by atoms with E-state index in [1.165, 1.54) is 36.2 Å². The van der Waals surface area contributed by atoms with E-state index in [4.69, 9.17) is 5.73 Å². The molecule has 0 unspecified atom stereocenters. The lowest BCUT2D eigenvalue weighted by Crippen LogP contribution is -2.58. The first-order chi connectivity index (χ1) is 13.5. The molecule has 0 saturated carbocycles. The van der Waals surface area contributed by atoms with E-state index in [1.807, 2.05) is 0 Å². The van der Waals surface area contributed by atoms with Crippen LogP contribution in [0.15, 0.2) is 41.5 Å². The highest BCUT2D eigenvalue weighted by atomic mass is 19.1. The summed E-state index contributed by atoms with van der Waals surface area (Å²) in [6, 6.07) is 6.32. The summed E-state index contributed by atoms with van der Waals surface area (Å²) >= 11 is 0. The zero-order valence-corrected chi connectivity index (χ0v) is 16.5. The number of pyridine rings is 1. The number of hydrogen-bond donors (Lipinski definition) is 2. The molecule has 1 aliphatic rings. The first kappa shape index (κ1) is 20.4. The molecule has 9 heteroatoms. The lowest BCUT2D eigenvalue weighted by molar-refractivity contribution is -0.140. The van der Waals surface area contributed by atoms with Crippen molar-refractivity contribution in [3.8, 4) is 0 Å². The number of amides is 2. The van der Waals surface area contributed by atoms with Gasteiger partial charge in [0.1, 0.15) is 22.9 Å². The number of nitrogens with two attached hydrogens (primary N) is 1. The molecule has 2 aromatic rings. The molecule has 2 amide bonds. The Balaban J connectivity index is 2.02. The van der Waals surface area contributed by atoms with E-state index in [0.29, 0.717) is 0 Å². The van der Waals surface area contributed by atoms with Crippen molar-refractivity contribution >= 4 is 23.5 Å². The smallest absolute Gasteiger partial charge is 0.274 e. The van der Waals surface area contributed by atoms with E-state index in [9.17, 15) is 18.4 Å². The number of carbonyl (C=O) groups is 2. The predicted octanol–water partition coefficient (Wildman–Crippen LogP) is 2.64. The number of benzene rings is 1. The van der Waals surface area contributed by atoms with Crippen LogP contribution in [0.1, 0.15) is 36.8 Å². The zero-order chi connectivity index (χ0) is 21.6. The number of aromatic nitrogens is 1. The van der Waals surface area contributed by atoms with Gasteiger partial charge in [0.2, 0.25) is 5.91 Å². The Labute approximate surface area is 166 Å². The Bertz CT molecular complexity index is 1020. The first-order valence-electron chi connectivity index (χ1n) is 8.84. The number of nitrogens with one attached hydrogen (secondary N) is 1. The van der Waals surface area contributed by atoms with E-state index in [1.54, 1.807) is 20.8 Å². The molecule has 3 rings (SSSR count). The largest absolute Gasteiger partial charge is 0.369 e. The van der Waals surface area contributed by atoms with Crippen LogP contribution in [0.5, 0.6) is 0 Å². The molecule has 1 aliphatic heterocycles. The van der Waals surface area contributed by atoms with Crippen molar-refractivity contribution in [2.24, 2.45) is 16.1 Å². The van der Waals surface area contributed by atoms with Crippen molar-refractivity contribution in [1.82, 2.24) is 9.88 Å². The number of guanidine groups is 1. The molecule has 0 bridgehead atoms. The fourth-order valence-electron chi connectivity index (χ4n) is 3.25. The van der Waals surface area contributed by atoms with E-state index in [2.05, 4.69) is 15.3 Å². The van der Waals surface area contributed by atoms with Gasteiger partial charge < -0.3 is 11.1 Å². The summed E-state index contributed by atoms with van der Waals surface area (Å²) in [5, 5.41) is 2.59. The van der Waals surface area contributed by atoms with Crippen molar-refractivity contribution in [3.05, 3.63) is 59.4 Å². The highest BCUT2D eigenvalue weighted by Crippen LogP contribution is 2.47. The lowest BCUT2D eigenvalue weighted by atomic mass is 9.67. The van der Waals surface area contributed by atoms with E-state index in [0.717, 1.165) is 12.3 Å². The summed E-state index contributed by atoms with van der Waals surface area (Å²) in [4.78, 5) is 34.5. The maximum Gasteiger partial charge on any atom is 0.274 e. The summed E-state index contributed by atoms with van der Waals surface area (Å²) in [5.41, 5.74) is 3.85. The Morgan fingerprint density at radius 2 is 1.86 bits per heavy atom. The number of anilines is 1. The van der Waals surface area contributed by atoms with Gasteiger partial charge in [-0.3, -0.25) is 14.5 Å². The van der Waals surface area contributed by atoms with Gasteiger partial charge in [-0.15, -0.1) is 0 Å². The van der Waals surface area contributed by atoms with Gasteiger partial charge in [-0.25, -0.2) is 18.8 Å². The fourth-order valence-corrected chi connectivity index (χ4v) is 3.25. The summed E-state index contributed by atoms with van der Waals surface area (Å²) in [7, 11) is 1.51. The molecule has 152 valence electrons. The normalized spacial score (nSPS) is 21.0. The number of aliphatic imine (C=N–C) groups is 1. The number of nitrogens with zero attached hydrogens (tertiary/aromatic N) is 3. The molecule has 1 aromatic heterocycles. The van der Waals surface area contributed by atoms with E-state index in [-0.39, 0.29) is 28.8 Å². The van der Waals surface area contributed by atoms with Crippen molar-refractivity contribution in [3.63, 3.8) is 0 Å². The highest BCUT2D eigenvalue weighted by molar-refractivity contribution is 6.03. The van der Waals surface area contributed by atoms with Gasteiger partial charge in [0.15, 0.2) is 5.96 Å². The van der Waals surface area contributed by atoms with Crippen LogP contribution in [0.2, 0.25) is 0 Å². The van der Waals surface area contributed by atoms with Crippen molar-refractivity contribution < 1.29 is 18.4 Å². The molecule has 0 saturated heterocycles. The molecular formula is C20H21F2N5O2. The second-order valence-electron chi connectivity index (χ2n) is 7.54. The monoisotopic (exact) mass is 401 g/mol. The molecule has 0 fully saturated rings. The lowest BCUT2D eigenvalue weighted by Gasteiger charge is -2.46. The van der Waals surface area contributed by atoms with E-state index < -0.39 is 28.5 Å². The molecular weight excluding hydrogens is 380 g/mol. The number of halogens is 2. The van der Waals surface area contributed by atoms with Crippen LogP contribution in [0.4, 0.5) is 14.5 Å². The summed E-state index contributed by atoms with van der Waals surface area (Å²) in [5.74, 6) is -2.08. The fraction of sp³-hybridized carbons (Fsp3) is 0.300. The van der Waals surface area contributed by atoms with Crippen molar-refractivity contribution in [1.29, 1.82) is 0 Å². The van der Waals surface area contributed by atoms with Gasteiger partial charge in [-0.2, -0.15) is 0 Å². The van der Waals surface area contributed by atoms with Crippen LogP contribution >= 0.6 is 0 Å². The third-order valence-corrected chi connectivity index (χ3v) is 5.45. The van der Waals surface area contributed by atoms with Gasteiger partial charge in [-0.1, -0.05) is 0 Å². The van der Waals surface area contributed by atoms with Crippen molar-refractivity contribution in [2.45, 2.75) is 26.3 Å². The van der Waals surface area contributed by atoms with Gasteiger partial charge in [0.05, 0.1) is 11.6 Å². The Morgan fingerprint density at radius 1 is 1.17 bits per heavy atom. The van der Waals surface area contributed by atoms with Gasteiger partial charge >= 0.3 is 0 Å². The SMILES string of the molecule is CN1C(=O)C(C)(C)[C@@](C)(c2cc(NC(=O)c3ccc(F)cn3)ccc2F)N=C1N. The number of carbonyl (C=O) groups excluding carboxylic acids is 2. The van der Waals surface area contributed by atoms with Gasteiger partial charge in [0.25, 0.3) is 5.91 Å². The van der Waals surface area contributed by atoms with E-state index >= 15 is 0 Å². The molecule has 0 radical (unpaired) electrons. The molecule has 2 heterocycles. The standard InChI is InChI=1S/C20H21F2N5O2/c1-19(2)17(29)27(4)18(23)26-20(19,3)13-9-12(6-7-14(13)22)25-16(28)15-8-5-11(21)10-24-15/h5-10H,1-4H3,(H2,23,26)(H,25,28)/t20-/m1/s1. The second kappa shape index (κ2) is 6.91. The average molecular weight is 401 g/mol. The highest BCUT2D eigenvalue weighted by Gasteiger charge is 2.53. The third-order valence-electron chi connectivity index (χ3n) is 5.45.